The van der Waals surface area contributed by atoms with Crippen LogP contribution in [0.5, 0.6) is 5.75 Å². The minimum Gasteiger partial charge on any atom is -0.496 e. The smallest absolute Gasteiger partial charge is 0.261 e. The maximum Gasteiger partial charge on any atom is 0.261 e. The fourth-order valence-corrected chi connectivity index (χ4v) is 2.85. The highest BCUT2D eigenvalue weighted by Gasteiger charge is 2.23. The summed E-state index contributed by atoms with van der Waals surface area (Å²) in [5.74, 6) is 0.881. The Bertz CT molecular complexity index is 934. The highest BCUT2D eigenvalue weighted by Crippen LogP contribution is 2.31. The van der Waals surface area contributed by atoms with Gasteiger partial charge in [0.25, 0.3) is 5.91 Å². The van der Waals surface area contributed by atoms with E-state index in [-0.39, 0.29) is 5.91 Å². The standard InChI is InChI=1S/C19H17ClN2O3/c1-11-10-13(8-9-16(11)24-3)21-19(23)17-12(2)25-22-18(17)14-6-4-5-7-15(14)20/h4-10H,1-3H3,(H,21,23). The van der Waals surface area contributed by atoms with Crippen LogP contribution in [-0.4, -0.2) is 18.2 Å². The maximum absolute atomic E-state index is 12.8. The van der Waals surface area contributed by atoms with E-state index >= 15 is 0 Å². The fourth-order valence-electron chi connectivity index (χ4n) is 2.63. The normalized spacial score (nSPS) is 10.6. The molecule has 0 saturated heterocycles. The van der Waals surface area contributed by atoms with Gasteiger partial charge in [0.15, 0.2) is 0 Å². The predicted molar refractivity (Wildman–Crippen MR) is 97.4 cm³/mol. The number of benzene rings is 2. The zero-order valence-corrected chi connectivity index (χ0v) is 14.8. The zero-order valence-electron chi connectivity index (χ0n) is 14.1. The van der Waals surface area contributed by atoms with Gasteiger partial charge in [-0.2, -0.15) is 0 Å². The van der Waals surface area contributed by atoms with E-state index in [9.17, 15) is 4.79 Å². The lowest BCUT2D eigenvalue weighted by Crippen LogP contribution is -2.13. The average Bonchev–Trinajstić information content (AvgIpc) is 2.97. The third-order valence-electron chi connectivity index (χ3n) is 3.87. The molecule has 1 N–H and O–H groups in total. The van der Waals surface area contributed by atoms with Crippen molar-refractivity contribution in [1.29, 1.82) is 0 Å². The predicted octanol–water partition coefficient (Wildman–Crippen LogP) is 4.87. The lowest BCUT2D eigenvalue weighted by atomic mass is 10.1. The Morgan fingerprint density at radius 2 is 1.96 bits per heavy atom. The van der Waals surface area contributed by atoms with E-state index < -0.39 is 0 Å². The van der Waals surface area contributed by atoms with Crippen molar-refractivity contribution < 1.29 is 14.1 Å². The molecule has 6 heteroatoms. The average molecular weight is 357 g/mol. The Labute approximate surface area is 150 Å². The van der Waals surface area contributed by atoms with E-state index in [1.54, 1.807) is 38.3 Å². The second kappa shape index (κ2) is 6.99. The summed E-state index contributed by atoms with van der Waals surface area (Å²) in [5, 5.41) is 7.39. The molecule has 0 atom stereocenters. The first-order chi connectivity index (χ1) is 12.0. The molecule has 0 spiro atoms. The van der Waals surface area contributed by atoms with E-state index in [2.05, 4.69) is 10.5 Å². The number of nitrogens with one attached hydrogen (secondary N) is 1. The minimum absolute atomic E-state index is 0.307. The molecule has 3 aromatic rings. The van der Waals surface area contributed by atoms with Gasteiger partial charge in [0.1, 0.15) is 22.8 Å². The van der Waals surface area contributed by atoms with Crippen molar-refractivity contribution in [3.63, 3.8) is 0 Å². The third kappa shape index (κ3) is 3.37. The Morgan fingerprint density at radius 3 is 2.64 bits per heavy atom. The van der Waals surface area contributed by atoms with Crippen molar-refractivity contribution in [3.05, 3.63) is 64.4 Å². The van der Waals surface area contributed by atoms with Crippen molar-refractivity contribution in [2.24, 2.45) is 0 Å². The lowest BCUT2D eigenvalue weighted by molar-refractivity contribution is 0.102. The Hall–Kier alpha value is -2.79. The van der Waals surface area contributed by atoms with Crippen molar-refractivity contribution >= 4 is 23.2 Å². The molecule has 0 radical (unpaired) electrons. The molecule has 0 saturated carbocycles. The van der Waals surface area contributed by atoms with Gasteiger partial charge in [-0.05, 0) is 43.7 Å². The molecule has 0 bridgehead atoms. The van der Waals surface area contributed by atoms with Gasteiger partial charge in [-0.1, -0.05) is 35.0 Å². The second-order valence-electron chi connectivity index (χ2n) is 5.58. The molecule has 1 heterocycles. The molecule has 25 heavy (non-hydrogen) atoms. The highest BCUT2D eigenvalue weighted by molar-refractivity contribution is 6.33. The summed E-state index contributed by atoms with van der Waals surface area (Å²) >= 11 is 6.23. The summed E-state index contributed by atoms with van der Waals surface area (Å²) in [5.41, 5.74) is 3.02. The number of anilines is 1. The number of nitrogens with zero attached hydrogens (tertiary/aromatic N) is 1. The monoisotopic (exact) mass is 356 g/mol. The van der Waals surface area contributed by atoms with Crippen LogP contribution < -0.4 is 10.1 Å². The first kappa shape index (κ1) is 17.0. The summed E-state index contributed by atoms with van der Waals surface area (Å²) in [6.45, 7) is 3.61. The van der Waals surface area contributed by atoms with Crippen LogP contribution in [0.1, 0.15) is 21.7 Å². The SMILES string of the molecule is COc1ccc(NC(=O)c2c(-c3ccccc3Cl)noc2C)cc1C. The van der Waals surface area contributed by atoms with Gasteiger partial charge in [-0.15, -0.1) is 0 Å². The molecule has 0 aliphatic carbocycles. The van der Waals surface area contributed by atoms with Gasteiger partial charge in [0, 0.05) is 11.3 Å². The van der Waals surface area contributed by atoms with Crippen LogP contribution in [0.25, 0.3) is 11.3 Å². The summed E-state index contributed by atoms with van der Waals surface area (Å²) in [7, 11) is 1.61. The Morgan fingerprint density at radius 1 is 1.20 bits per heavy atom. The molecular formula is C19H17ClN2O3. The molecule has 1 amide bonds. The molecule has 0 aliphatic rings. The van der Waals surface area contributed by atoms with Gasteiger partial charge < -0.3 is 14.6 Å². The van der Waals surface area contributed by atoms with Crippen molar-refractivity contribution in [2.75, 3.05) is 12.4 Å². The molecule has 2 aromatic carbocycles. The number of carbonyl (C=O) groups excluding carboxylic acids is 1. The van der Waals surface area contributed by atoms with Crippen molar-refractivity contribution in [2.45, 2.75) is 13.8 Å². The molecule has 1 aromatic heterocycles. The zero-order chi connectivity index (χ0) is 18.0. The van der Waals surface area contributed by atoms with E-state index in [1.165, 1.54) is 0 Å². The van der Waals surface area contributed by atoms with Crippen LogP contribution in [0.15, 0.2) is 47.0 Å². The summed E-state index contributed by atoms with van der Waals surface area (Å²) in [4.78, 5) is 12.8. The molecule has 3 rings (SSSR count). The Balaban J connectivity index is 1.95. The molecule has 0 fully saturated rings. The maximum atomic E-state index is 12.8. The van der Waals surface area contributed by atoms with Crippen LogP contribution in [0.4, 0.5) is 5.69 Å². The molecule has 0 aliphatic heterocycles. The van der Waals surface area contributed by atoms with Gasteiger partial charge in [-0.3, -0.25) is 4.79 Å². The van der Waals surface area contributed by atoms with Gasteiger partial charge in [0.05, 0.1) is 12.1 Å². The van der Waals surface area contributed by atoms with Gasteiger partial charge in [-0.25, -0.2) is 0 Å². The minimum atomic E-state index is -0.307. The van der Waals surface area contributed by atoms with E-state index in [4.69, 9.17) is 20.9 Å². The van der Waals surface area contributed by atoms with Crippen LogP contribution in [0, 0.1) is 13.8 Å². The molecule has 0 unspecified atom stereocenters. The van der Waals surface area contributed by atoms with Crippen LogP contribution in [0.3, 0.4) is 0 Å². The number of rotatable bonds is 4. The summed E-state index contributed by atoms with van der Waals surface area (Å²) in [6, 6.07) is 12.6. The number of halogens is 1. The number of aromatic nitrogens is 1. The largest absolute Gasteiger partial charge is 0.496 e. The van der Waals surface area contributed by atoms with Gasteiger partial charge >= 0.3 is 0 Å². The summed E-state index contributed by atoms with van der Waals surface area (Å²) < 4.78 is 10.5. The number of carbonyl (C=O) groups is 1. The number of hydrogen-bond donors (Lipinski definition) is 1. The first-order valence-corrected chi connectivity index (χ1v) is 8.06. The Kier molecular flexibility index (Phi) is 4.76. The number of amides is 1. The van der Waals surface area contributed by atoms with Crippen LogP contribution in [-0.2, 0) is 0 Å². The van der Waals surface area contributed by atoms with E-state index in [0.717, 1.165) is 11.3 Å². The van der Waals surface area contributed by atoms with Gasteiger partial charge in [0.2, 0.25) is 0 Å². The highest BCUT2D eigenvalue weighted by atomic mass is 35.5. The first-order valence-electron chi connectivity index (χ1n) is 7.68. The number of aryl methyl sites for hydroxylation is 2. The second-order valence-corrected chi connectivity index (χ2v) is 5.99. The molecular weight excluding hydrogens is 340 g/mol. The molecule has 128 valence electrons. The number of ether oxygens (including phenoxy) is 1. The lowest BCUT2D eigenvalue weighted by Gasteiger charge is -2.09. The number of hydrogen-bond acceptors (Lipinski definition) is 4. The van der Waals surface area contributed by atoms with Crippen molar-refractivity contribution in [3.8, 4) is 17.0 Å². The van der Waals surface area contributed by atoms with Crippen LogP contribution >= 0.6 is 11.6 Å². The summed E-state index contributed by atoms with van der Waals surface area (Å²) in [6.07, 6.45) is 0. The van der Waals surface area contributed by atoms with Crippen molar-refractivity contribution in [1.82, 2.24) is 5.16 Å². The quantitative estimate of drug-likeness (QED) is 0.724. The van der Waals surface area contributed by atoms with E-state index in [1.807, 2.05) is 25.1 Å². The van der Waals surface area contributed by atoms with Crippen LogP contribution in [0.2, 0.25) is 5.02 Å². The molecule has 5 nitrogen and oxygen atoms in total. The topological polar surface area (TPSA) is 64.4 Å². The third-order valence-corrected chi connectivity index (χ3v) is 4.20. The van der Waals surface area contributed by atoms with E-state index in [0.29, 0.717) is 33.3 Å². The number of methoxy groups -OCH3 is 1. The fraction of sp³-hybridized carbons (Fsp3) is 0.158.